The van der Waals surface area contributed by atoms with E-state index in [0.29, 0.717) is 21.7 Å². The van der Waals surface area contributed by atoms with Crippen LogP contribution in [0.15, 0.2) is 46.9 Å². The van der Waals surface area contributed by atoms with Crippen molar-refractivity contribution in [1.82, 2.24) is 0 Å². The second-order valence-electron chi connectivity index (χ2n) is 4.38. The molecule has 3 rings (SSSR count). The van der Waals surface area contributed by atoms with Crippen molar-refractivity contribution in [2.45, 2.75) is 6.10 Å². The lowest BCUT2D eigenvalue weighted by Crippen LogP contribution is -1.98. The van der Waals surface area contributed by atoms with E-state index < -0.39 is 11.9 Å². The molecule has 0 aliphatic carbocycles. The molecule has 2 aromatic carbocycles. The first-order valence-electron chi connectivity index (χ1n) is 5.87. The van der Waals surface area contributed by atoms with E-state index in [9.17, 15) is 9.50 Å². The minimum Gasteiger partial charge on any atom is -0.455 e. The highest BCUT2D eigenvalue weighted by atomic mass is 127. The predicted molar refractivity (Wildman–Crippen MR) is 84.4 cm³/mol. The normalized spacial score (nSPS) is 12.8. The summed E-state index contributed by atoms with van der Waals surface area (Å²) < 4.78 is 19.9. The molecule has 0 spiro atoms. The number of furan rings is 1. The van der Waals surface area contributed by atoms with Gasteiger partial charge in [0, 0.05) is 8.96 Å². The summed E-state index contributed by atoms with van der Waals surface area (Å²) in [4.78, 5) is 0. The Bertz CT molecular complexity index is 785. The number of hydrogen-bond donors (Lipinski definition) is 1. The summed E-state index contributed by atoms with van der Waals surface area (Å²) in [6.45, 7) is 0. The lowest BCUT2D eigenvalue weighted by molar-refractivity contribution is 0.192. The molecule has 0 amide bonds. The molecule has 0 saturated heterocycles. The Morgan fingerprint density at radius 2 is 2.00 bits per heavy atom. The van der Waals surface area contributed by atoms with Gasteiger partial charge in [0.2, 0.25) is 0 Å². The van der Waals surface area contributed by atoms with Crippen LogP contribution < -0.4 is 0 Å². The van der Waals surface area contributed by atoms with E-state index in [1.807, 2.05) is 6.07 Å². The van der Waals surface area contributed by atoms with Gasteiger partial charge < -0.3 is 9.52 Å². The summed E-state index contributed by atoms with van der Waals surface area (Å²) in [5.74, 6) is -0.149. The van der Waals surface area contributed by atoms with Gasteiger partial charge in [-0.05, 0) is 52.4 Å². The lowest BCUT2D eigenvalue weighted by Gasteiger charge is -2.09. The highest BCUT2D eigenvalue weighted by Crippen LogP contribution is 2.31. The minimum absolute atomic E-state index is 0.151. The van der Waals surface area contributed by atoms with Gasteiger partial charge in [-0.2, -0.15) is 0 Å². The number of aliphatic hydroxyl groups is 1. The molecule has 1 unspecified atom stereocenters. The van der Waals surface area contributed by atoms with Crippen LogP contribution in [0.4, 0.5) is 4.39 Å². The van der Waals surface area contributed by atoms with Crippen LogP contribution in [0.2, 0.25) is 5.02 Å². The van der Waals surface area contributed by atoms with Crippen molar-refractivity contribution in [2.24, 2.45) is 0 Å². The Labute approximate surface area is 133 Å². The quantitative estimate of drug-likeness (QED) is 0.618. The third-order valence-electron chi connectivity index (χ3n) is 3.04. The zero-order chi connectivity index (χ0) is 14.3. The van der Waals surface area contributed by atoms with E-state index >= 15 is 0 Å². The summed E-state index contributed by atoms with van der Waals surface area (Å²) in [5, 5.41) is 11.5. The lowest BCUT2D eigenvalue weighted by atomic mass is 10.1. The molecule has 1 aromatic heterocycles. The zero-order valence-corrected chi connectivity index (χ0v) is 13.0. The van der Waals surface area contributed by atoms with Crippen LogP contribution in [-0.4, -0.2) is 5.11 Å². The Morgan fingerprint density at radius 3 is 2.70 bits per heavy atom. The van der Waals surface area contributed by atoms with Gasteiger partial charge in [0.25, 0.3) is 0 Å². The highest BCUT2D eigenvalue weighted by Gasteiger charge is 2.17. The largest absolute Gasteiger partial charge is 0.455 e. The number of aliphatic hydroxyl groups excluding tert-OH is 1. The molecule has 102 valence electrons. The van der Waals surface area contributed by atoms with Gasteiger partial charge in [0.1, 0.15) is 11.9 Å². The molecule has 20 heavy (non-hydrogen) atoms. The number of fused-ring (bicyclic) bond motifs is 1. The van der Waals surface area contributed by atoms with Crippen LogP contribution in [0.3, 0.4) is 0 Å². The zero-order valence-electron chi connectivity index (χ0n) is 10.1. The Hall–Kier alpha value is -1.11. The maximum atomic E-state index is 13.6. The molecule has 1 atom stereocenters. The van der Waals surface area contributed by atoms with Gasteiger partial charge in [-0.25, -0.2) is 4.39 Å². The second-order valence-corrected chi connectivity index (χ2v) is 5.95. The Balaban J connectivity index is 2.05. The highest BCUT2D eigenvalue weighted by molar-refractivity contribution is 14.1. The fraction of sp³-hybridized carbons (Fsp3) is 0.0667. The molecule has 5 heteroatoms. The molecule has 0 fully saturated rings. The number of para-hydroxylation sites is 1. The van der Waals surface area contributed by atoms with Crippen molar-refractivity contribution in [2.75, 3.05) is 0 Å². The molecular weight excluding hydrogens is 394 g/mol. The van der Waals surface area contributed by atoms with Crippen molar-refractivity contribution < 1.29 is 13.9 Å². The minimum atomic E-state index is -0.976. The molecule has 0 bridgehead atoms. The molecule has 0 aliphatic heterocycles. The molecule has 1 N–H and O–H groups in total. The number of rotatable bonds is 2. The molecule has 1 heterocycles. The van der Waals surface area contributed by atoms with Crippen LogP contribution in [0.1, 0.15) is 17.4 Å². The van der Waals surface area contributed by atoms with Crippen LogP contribution in [0.25, 0.3) is 11.0 Å². The van der Waals surface area contributed by atoms with Crippen molar-refractivity contribution in [1.29, 1.82) is 0 Å². The Kier molecular flexibility index (Phi) is 3.70. The molecule has 0 saturated carbocycles. The van der Waals surface area contributed by atoms with Gasteiger partial charge in [0.15, 0.2) is 11.4 Å². The summed E-state index contributed by atoms with van der Waals surface area (Å²) in [7, 11) is 0. The fourth-order valence-electron chi connectivity index (χ4n) is 2.03. The number of halogens is 3. The van der Waals surface area contributed by atoms with Gasteiger partial charge in [-0.15, -0.1) is 0 Å². The van der Waals surface area contributed by atoms with Crippen LogP contribution in [0, 0.1) is 9.39 Å². The van der Waals surface area contributed by atoms with Crippen molar-refractivity contribution in [3.8, 4) is 0 Å². The first-order valence-corrected chi connectivity index (χ1v) is 7.33. The first-order chi connectivity index (χ1) is 9.56. The average Bonchev–Trinajstić information content (AvgIpc) is 2.86. The second kappa shape index (κ2) is 5.35. The smallest absolute Gasteiger partial charge is 0.170 e. The standard InChI is InChI=1S/C15H9ClFIO2/c16-10-6-8(4-5-12(10)18)14(19)13-7-9-2-1-3-11(17)15(9)20-13/h1-7,14,19H. The molecule has 0 aliphatic rings. The first kappa shape index (κ1) is 13.9. The summed E-state index contributed by atoms with van der Waals surface area (Å²) in [6.07, 6.45) is -0.976. The van der Waals surface area contributed by atoms with Crippen molar-refractivity contribution in [3.05, 3.63) is 68.2 Å². The maximum Gasteiger partial charge on any atom is 0.170 e. The van der Waals surface area contributed by atoms with Gasteiger partial charge in [0.05, 0.1) is 5.02 Å². The van der Waals surface area contributed by atoms with Crippen LogP contribution >= 0.6 is 34.2 Å². The van der Waals surface area contributed by atoms with E-state index in [1.165, 1.54) is 6.07 Å². The third-order valence-corrected chi connectivity index (χ3v) is 4.62. The SMILES string of the molecule is OC(c1ccc(I)c(Cl)c1)c1cc2cccc(F)c2o1. The molecular formula is C15H9ClFIO2. The summed E-state index contributed by atoms with van der Waals surface area (Å²) in [5.41, 5.74) is 0.757. The number of benzene rings is 2. The van der Waals surface area contributed by atoms with Crippen LogP contribution in [-0.2, 0) is 0 Å². The van der Waals surface area contributed by atoms with E-state index in [2.05, 4.69) is 22.6 Å². The predicted octanol–water partition coefficient (Wildman–Crippen LogP) is 4.91. The summed E-state index contributed by atoms with van der Waals surface area (Å²) >= 11 is 8.15. The van der Waals surface area contributed by atoms with E-state index in [4.69, 9.17) is 16.0 Å². The van der Waals surface area contributed by atoms with Gasteiger partial charge in [-0.1, -0.05) is 29.8 Å². The van der Waals surface area contributed by atoms with E-state index in [1.54, 1.807) is 30.3 Å². The van der Waals surface area contributed by atoms with Crippen molar-refractivity contribution >= 4 is 45.2 Å². The third kappa shape index (κ3) is 2.43. The van der Waals surface area contributed by atoms with Crippen molar-refractivity contribution in [3.63, 3.8) is 0 Å². The monoisotopic (exact) mass is 402 g/mol. The molecule has 3 aromatic rings. The molecule has 2 nitrogen and oxygen atoms in total. The number of hydrogen-bond acceptors (Lipinski definition) is 2. The fourth-order valence-corrected chi connectivity index (χ4v) is 2.55. The topological polar surface area (TPSA) is 33.4 Å². The van der Waals surface area contributed by atoms with Gasteiger partial charge >= 0.3 is 0 Å². The summed E-state index contributed by atoms with van der Waals surface area (Å²) in [6, 6.07) is 11.5. The van der Waals surface area contributed by atoms with Crippen LogP contribution in [0.5, 0.6) is 0 Å². The average molecular weight is 403 g/mol. The maximum absolute atomic E-state index is 13.6. The van der Waals surface area contributed by atoms with E-state index in [-0.39, 0.29) is 5.58 Å². The van der Waals surface area contributed by atoms with E-state index in [0.717, 1.165) is 3.57 Å². The molecule has 0 radical (unpaired) electrons. The van der Waals surface area contributed by atoms with Gasteiger partial charge in [-0.3, -0.25) is 0 Å². The Morgan fingerprint density at radius 1 is 1.20 bits per heavy atom.